The summed E-state index contributed by atoms with van der Waals surface area (Å²) in [5.41, 5.74) is 6.26. The lowest BCUT2D eigenvalue weighted by molar-refractivity contribution is 1.13. The summed E-state index contributed by atoms with van der Waals surface area (Å²) >= 11 is 0. The molecule has 4 nitrogen and oxygen atoms in total. The van der Waals surface area contributed by atoms with Crippen LogP contribution in [0.25, 0.3) is 43.1 Å². The Balaban J connectivity index is 1.44. The molecule has 0 unspecified atom stereocenters. The van der Waals surface area contributed by atoms with E-state index in [-0.39, 0.29) is 0 Å². The predicted molar refractivity (Wildman–Crippen MR) is 211 cm³/mol. The zero-order chi connectivity index (χ0) is 33.6. The van der Waals surface area contributed by atoms with Crippen LogP contribution in [0.5, 0.6) is 0 Å². The van der Waals surface area contributed by atoms with Crippen LogP contribution in [0, 0.1) is 13.8 Å². The zero-order valence-corrected chi connectivity index (χ0v) is 28.0. The molecule has 238 valence electrons. The summed E-state index contributed by atoms with van der Waals surface area (Å²) in [7, 11) is 0. The maximum Gasteiger partial charge on any atom is 0.137 e. The highest BCUT2D eigenvalue weighted by Crippen LogP contribution is 2.51. The summed E-state index contributed by atoms with van der Waals surface area (Å²) in [5.74, 6) is 1.74. The molecule has 0 amide bonds. The molecule has 9 aromatic rings. The molecule has 0 atom stereocenters. The van der Waals surface area contributed by atoms with Gasteiger partial charge in [-0.25, -0.2) is 9.97 Å². The number of aryl methyl sites for hydroxylation is 2. The predicted octanol–water partition coefficient (Wildman–Crippen LogP) is 12.6. The number of fused-ring (bicyclic) bond motifs is 4. The van der Waals surface area contributed by atoms with Crippen molar-refractivity contribution in [1.82, 2.24) is 9.97 Å². The molecular weight excluding hydrogens is 609 g/mol. The molecule has 7 aromatic carbocycles. The second-order valence-electron chi connectivity index (χ2n) is 12.7. The molecule has 0 aliphatic heterocycles. The molecule has 0 aliphatic carbocycles. The first-order chi connectivity index (χ1) is 24.7. The molecule has 0 spiro atoms. The molecule has 4 heteroatoms. The Bertz CT molecular complexity index is 2460. The van der Waals surface area contributed by atoms with E-state index < -0.39 is 0 Å². The normalized spacial score (nSPS) is 11.4. The van der Waals surface area contributed by atoms with E-state index in [0.717, 1.165) is 78.1 Å². The van der Waals surface area contributed by atoms with Crippen molar-refractivity contribution < 1.29 is 0 Å². The third kappa shape index (κ3) is 4.92. The van der Waals surface area contributed by atoms with Crippen molar-refractivity contribution in [2.24, 2.45) is 0 Å². The van der Waals surface area contributed by atoms with Gasteiger partial charge in [-0.15, -0.1) is 0 Å². The first-order valence-corrected chi connectivity index (χ1v) is 17.0. The van der Waals surface area contributed by atoms with Gasteiger partial charge in [0.25, 0.3) is 0 Å². The highest BCUT2D eigenvalue weighted by atomic mass is 15.2. The molecule has 2 aromatic heterocycles. The van der Waals surface area contributed by atoms with Gasteiger partial charge in [-0.05, 0) is 61.0 Å². The van der Waals surface area contributed by atoms with Crippen LogP contribution in [0.15, 0.2) is 170 Å². The van der Waals surface area contributed by atoms with Crippen molar-refractivity contribution in [2.75, 3.05) is 9.80 Å². The van der Waals surface area contributed by atoms with Gasteiger partial charge in [0.15, 0.2) is 0 Å². The molecule has 2 heterocycles. The number of benzene rings is 7. The Morgan fingerprint density at radius 3 is 1.02 bits per heavy atom. The van der Waals surface area contributed by atoms with E-state index in [9.17, 15) is 0 Å². The molecule has 9 rings (SSSR count). The fourth-order valence-corrected chi connectivity index (χ4v) is 7.39. The smallest absolute Gasteiger partial charge is 0.137 e. The Kier molecular flexibility index (Phi) is 7.21. The lowest BCUT2D eigenvalue weighted by atomic mass is 9.95. The van der Waals surface area contributed by atoms with E-state index in [1.807, 2.05) is 0 Å². The third-order valence-electron chi connectivity index (χ3n) is 9.54. The molecule has 0 saturated carbocycles. The zero-order valence-electron chi connectivity index (χ0n) is 28.0. The van der Waals surface area contributed by atoms with E-state index >= 15 is 0 Å². The number of pyridine rings is 2. The molecule has 50 heavy (non-hydrogen) atoms. The van der Waals surface area contributed by atoms with E-state index in [0.29, 0.717) is 0 Å². The number of hydrogen-bond acceptors (Lipinski definition) is 4. The molecule has 0 aliphatic rings. The van der Waals surface area contributed by atoms with Crippen molar-refractivity contribution in [2.45, 2.75) is 13.8 Å². The van der Waals surface area contributed by atoms with Crippen molar-refractivity contribution in [3.05, 3.63) is 181 Å². The molecule has 0 bridgehead atoms. The Labute approximate surface area is 291 Å². The number of aromatic nitrogens is 2. The highest BCUT2D eigenvalue weighted by Gasteiger charge is 2.27. The lowest BCUT2D eigenvalue weighted by Gasteiger charge is -2.32. The molecular formula is C46H34N4. The first-order valence-electron chi connectivity index (χ1n) is 17.0. The van der Waals surface area contributed by atoms with E-state index in [1.54, 1.807) is 0 Å². The largest absolute Gasteiger partial charge is 0.293 e. The molecule has 0 saturated heterocycles. The van der Waals surface area contributed by atoms with Gasteiger partial charge in [0.05, 0.1) is 22.7 Å². The third-order valence-corrected chi connectivity index (χ3v) is 9.54. The first kappa shape index (κ1) is 29.6. The van der Waals surface area contributed by atoms with Crippen LogP contribution in [0.2, 0.25) is 0 Å². The Morgan fingerprint density at radius 2 is 0.640 bits per heavy atom. The van der Waals surface area contributed by atoms with Crippen LogP contribution in [0.4, 0.5) is 34.4 Å². The van der Waals surface area contributed by atoms with Gasteiger partial charge in [-0.1, -0.05) is 133 Å². The van der Waals surface area contributed by atoms with E-state index in [1.165, 1.54) is 10.8 Å². The van der Waals surface area contributed by atoms with E-state index in [4.69, 9.17) is 9.97 Å². The minimum atomic E-state index is 0.871. The number of rotatable bonds is 6. The van der Waals surface area contributed by atoms with Crippen LogP contribution >= 0.6 is 0 Å². The van der Waals surface area contributed by atoms with E-state index in [2.05, 4.69) is 194 Å². The minimum absolute atomic E-state index is 0.871. The standard InChI is InChI=1S/C46H34N4/c1-31-15-11-29-43(47-31)49(41-27-13-19-33-17-3-5-21-35(33)41)45-37-23-7-9-25-39(37)46(40-26-10-8-24-38(40)45)50(44-30-12-16-32(2)48-44)42-28-14-20-34-18-4-6-22-36(34)42/h3-30H,1-2H3. The van der Waals surface area contributed by atoms with Crippen LogP contribution in [0.3, 0.4) is 0 Å². The molecule has 0 radical (unpaired) electrons. The number of hydrogen-bond donors (Lipinski definition) is 0. The highest BCUT2D eigenvalue weighted by molar-refractivity contribution is 6.24. The minimum Gasteiger partial charge on any atom is -0.293 e. The summed E-state index contributed by atoms with van der Waals surface area (Å²) in [6.45, 7) is 4.11. The Morgan fingerprint density at radius 1 is 0.320 bits per heavy atom. The Hall–Kier alpha value is -6.52. The second kappa shape index (κ2) is 12.2. The quantitative estimate of drug-likeness (QED) is 0.133. The van der Waals surface area contributed by atoms with Crippen molar-refractivity contribution in [3.8, 4) is 0 Å². The monoisotopic (exact) mass is 642 g/mol. The molecule has 0 N–H and O–H groups in total. The maximum absolute atomic E-state index is 5.15. The number of anilines is 6. The van der Waals surface area contributed by atoms with Crippen LogP contribution in [-0.2, 0) is 0 Å². The van der Waals surface area contributed by atoms with Gasteiger partial charge in [0.2, 0.25) is 0 Å². The van der Waals surface area contributed by atoms with Gasteiger partial charge in [-0.3, -0.25) is 9.80 Å². The maximum atomic E-state index is 5.15. The van der Waals surface area contributed by atoms with Gasteiger partial charge in [0.1, 0.15) is 11.6 Å². The van der Waals surface area contributed by atoms with Crippen LogP contribution in [-0.4, -0.2) is 9.97 Å². The summed E-state index contributed by atoms with van der Waals surface area (Å²) in [6, 6.07) is 60.4. The summed E-state index contributed by atoms with van der Waals surface area (Å²) in [6.07, 6.45) is 0. The second-order valence-corrected chi connectivity index (χ2v) is 12.7. The summed E-state index contributed by atoms with van der Waals surface area (Å²) < 4.78 is 0. The van der Waals surface area contributed by atoms with Crippen molar-refractivity contribution in [3.63, 3.8) is 0 Å². The molecule has 0 fully saturated rings. The topological polar surface area (TPSA) is 32.3 Å². The van der Waals surface area contributed by atoms with Gasteiger partial charge in [0, 0.05) is 43.7 Å². The number of nitrogens with zero attached hydrogens (tertiary/aromatic N) is 4. The lowest BCUT2D eigenvalue weighted by Crippen LogP contribution is -2.16. The average Bonchev–Trinajstić information content (AvgIpc) is 3.16. The summed E-state index contributed by atoms with van der Waals surface area (Å²) in [5, 5.41) is 9.17. The summed E-state index contributed by atoms with van der Waals surface area (Å²) in [4.78, 5) is 15.0. The fraction of sp³-hybridized carbons (Fsp3) is 0.0435. The van der Waals surface area contributed by atoms with Crippen LogP contribution in [0.1, 0.15) is 11.4 Å². The van der Waals surface area contributed by atoms with Gasteiger partial charge in [-0.2, -0.15) is 0 Å². The fourth-order valence-electron chi connectivity index (χ4n) is 7.39. The van der Waals surface area contributed by atoms with Crippen molar-refractivity contribution in [1.29, 1.82) is 0 Å². The van der Waals surface area contributed by atoms with Crippen molar-refractivity contribution >= 4 is 77.5 Å². The van der Waals surface area contributed by atoms with Crippen LogP contribution < -0.4 is 9.80 Å². The van der Waals surface area contributed by atoms with Gasteiger partial charge >= 0.3 is 0 Å². The average molecular weight is 643 g/mol. The SMILES string of the molecule is Cc1cccc(N(c2cccc3ccccc23)c2c3ccccc3c(N(c3cccc(C)n3)c3cccc4ccccc34)c3ccccc23)n1. The van der Waals surface area contributed by atoms with Gasteiger partial charge < -0.3 is 0 Å².